The van der Waals surface area contributed by atoms with E-state index in [-0.39, 0.29) is 5.82 Å². The Labute approximate surface area is 175 Å². The van der Waals surface area contributed by atoms with Crippen molar-refractivity contribution in [3.05, 3.63) is 72.0 Å². The molecule has 1 N–H and O–H groups in total. The van der Waals surface area contributed by atoms with Gasteiger partial charge in [-0.3, -0.25) is 0 Å². The summed E-state index contributed by atoms with van der Waals surface area (Å²) in [4.78, 5) is 15.4. The Bertz CT molecular complexity index is 1100. The molecule has 3 aromatic rings. The average Bonchev–Trinajstić information content (AvgIpc) is 3.44. The van der Waals surface area contributed by atoms with Gasteiger partial charge in [0.2, 0.25) is 5.95 Å². The Morgan fingerprint density at radius 3 is 2.50 bits per heavy atom. The maximum Gasteiger partial charge on any atom is 0.225 e. The molecule has 3 heterocycles. The van der Waals surface area contributed by atoms with E-state index in [1.54, 1.807) is 24.3 Å². The quantitative estimate of drug-likeness (QED) is 0.649. The Morgan fingerprint density at radius 2 is 1.80 bits per heavy atom. The van der Waals surface area contributed by atoms with Gasteiger partial charge in [-0.15, -0.1) is 0 Å². The van der Waals surface area contributed by atoms with Gasteiger partial charge >= 0.3 is 0 Å². The van der Waals surface area contributed by atoms with E-state index < -0.39 is 0 Å². The van der Waals surface area contributed by atoms with Crippen LogP contribution in [0.25, 0.3) is 27.2 Å². The summed E-state index contributed by atoms with van der Waals surface area (Å²) in [5.74, 6) is 0.459. The molecule has 0 bridgehead atoms. The van der Waals surface area contributed by atoms with E-state index in [0.29, 0.717) is 11.1 Å². The van der Waals surface area contributed by atoms with Crippen LogP contribution in [0.5, 0.6) is 0 Å². The first-order valence-electron chi connectivity index (χ1n) is 10.2. The first-order chi connectivity index (χ1) is 14.7. The SMILES string of the molecule is [C-]#[N+]c1ccc(-c2nc(N3CCC4(CCNC4)C3)ncc2-c2ccc(F)cc2)cc1. The van der Waals surface area contributed by atoms with Crippen molar-refractivity contribution in [2.75, 3.05) is 31.1 Å². The first kappa shape index (κ1) is 18.7. The lowest BCUT2D eigenvalue weighted by atomic mass is 9.87. The number of rotatable bonds is 3. The fourth-order valence-corrected chi connectivity index (χ4v) is 4.53. The van der Waals surface area contributed by atoms with Gasteiger partial charge in [0, 0.05) is 36.8 Å². The van der Waals surface area contributed by atoms with E-state index in [1.807, 2.05) is 18.3 Å². The van der Waals surface area contributed by atoms with Crippen LogP contribution in [0, 0.1) is 17.8 Å². The van der Waals surface area contributed by atoms with Crippen molar-refractivity contribution in [2.45, 2.75) is 12.8 Å². The Kier molecular flexibility index (Phi) is 4.68. The summed E-state index contributed by atoms with van der Waals surface area (Å²) in [6, 6.07) is 13.8. The Balaban J connectivity index is 1.56. The lowest BCUT2D eigenvalue weighted by Crippen LogP contribution is -2.30. The minimum Gasteiger partial charge on any atom is -0.340 e. The summed E-state index contributed by atoms with van der Waals surface area (Å²) in [5.41, 5.74) is 4.36. The summed E-state index contributed by atoms with van der Waals surface area (Å²) in [5, 5.41) is 3.49. The zero-order valence-electron chi connectivity index (χ0n) is 16.6. The molecule has 0 amide bonds. The van der Waals surface area contributed by atoms with Crippen LogP contribution in [-0.4, -0.2) is 36.1 Å². The van der Waals surface area contributed by atoms with Crippen molar-refractivity contribution in [1.82, 2.24) is 15.3 Å². The smallest absolute Gasteiger partial charge is 0.225 e. The second-order valence-corrected chi connectivity index (χ2v) is 8.20. The number of halogens is 1. The molecule has 2 aliphatic heterocycles. The fraction of sp³-hybridized carbons (Fsp3) is 0.292. The minimum absolute atomic E-state index is 0.271. The van der Waals surface area contributed by atoms with Crippen LogP contribution in [0.1, 0.15) is 12.8 Å². The maximum atomic E-state index is 13.5. The fourth-order valence-electron chi connectivity index (χ4n) is 4.53. The molecule has 2 aromatic carbocycles. The molecule has 30 heavy (non-hydrogen) atoms. The molecule has 0 radical (unpaired) electrons. The third-order valence-corrected chi connectivity index (χ3v) is 6.25. The van der Waals surface area contributed by atoms with E-state index in [0.717, 1.165) is 60.9 Å². The zero-order valence-corrected chi connectivity index (χ0v) is 16.6. The van der Waals surface area contributed by atoms with Gasteiger partial charge in [0.15, 0.2) is 5.69 Å². The topological polar surface area (TPSA) is 45.4 Å². The second-order valence-electron chi connectivity index (χ2n) is 8.20. The van der Waals surface area contributed by atoms with Crippen molar-refractivity contribution in [3.63, 3.8) is 0 Å². The molecule has 0 saturated carbocycles. The van der Waals surface area contributed by atoms with Crippen molar-refractivity contribution in [2.24, 2.45) is 5.41 Å². The van der Waals surface area contributed by atoms with E-state index in [1.165, 1.54) is 18.6 Å². The zero-order chi connectivity index (χ0) is 20.6. The van der Waals surface area contributed by atoms with E-state index >= 15 is 0 Å². The van der Waals surface area contributed by atoms with Gasteiger partial charge < -0.3 is 10.2 Å². The molecule has 150 valence electrons. The predicted octanol–water partition coefficient (Wildman–Crippen LogP) is 4.69. The maximum absolute atomic E-state index is 13.5. The van der Waals surface area contributed by atoms with E-state index in [4.69, 9.17) is 11.6 Å². The first-order valence-corrected chi connectivity index (χ1v) is 10.2. The van der Waals surface area contributed by atoms with Crippen LogP contribution in [0.2, 0.25) is 0 Å². The molecule has 1 aromatic heterocycles. The summed E-state index contributed by atoms with van der Waals surface area (Å²) in [6.07, 6.45) is 4.19. The van der Waals surface area contributed by atoms with Crippen LogP contribution >= 0.6 is 0 Å². The number of hydrogen-bond donors (Lipinski definition) is 1. The van der Waals surface area contributed by atoms with Gasteiger partial charge in [0.05, 0.1) is 12.3 Å². The lowest BCUT2D eigenvalue weighted by molar-refractivity contribution is 0.369. The molecule has 1 atom stereocenters. The monoisotopic (exact) mass is 399 g/mol. The largest absolute Gasteiger partial charge is 0.340 e. The standard InChI is InChI=1S/C24H22FN5/c1-26-20-8-4-18(5-9-20)22-21(17-2-6-19(25)7-3-17)14-28-23(29-22)30-13-11-24(16-30)10-12-27-15-24/h2-9,14,27H,10-13,15-16H2. The highest BCUT2D eigenvalue weighted by Gasteiger charge is 2.41. The van der Waals surface area contributed by atoms with Crippen LogP contribution < -0.4 is 10.2 Å². The van der Waals surface area contributed by atoms with Gasteiger partial charge in [0.25, 0.3) is 0 Å². The van der Waals surface area contributed by atoms with Crippen molar-refractivity contribution in [1.29, 1.82) is 0 Å². The molecule has 2 saturated heterocycles. The highest BCUT2D eigenvalue weighted by Crippen LogP contribution is 2.39. The summed E-state index contributed by atoms with van der Waals surface area (Å²) in [7, 11) is 0. The normalized spacial score (nSPS) is 20.6. The molecule has 2 fully saturated rings. The van der Waals surface area contributed by atoms with Crippen molar-refractivity contribution < 1.29 is 4.39 Å². The van der Waals surface area contributed by atoms with Gasteiger partial charge in [-0.05, 0) is 42.6 Å². The van der Waals surface area contributed by atoms with Crippen LogP contribution in [0.3, 0.4) is 0 Å². The van der Waals surface area contributed by atoms with Gasteiger partial charge in [-0.25, -0.2) is 19.2 Å². The average molecular weight is 399 g/mol. The summed E-state index contributed by atoms with van der Waals surface area (Å²) < 4.78 is 13.5. The molecule has 1 unspecified atom stereocenters. The van der Waals surface area contributed by atoms with Crippen molar-refractivity contribution in [3.8, 4) is 22.4 Å². The molecular weight excluding hydrogens is 377 g/mol. The number of hydrogen-bond acceptors (Lipinski definition) is 4. The molecule has 0 aliphatic carbocycles. The van der Waals surface area contributed by atoms with E-state index in [9.17, 15) is 4.39 Å². The molecule has 5 nitrogen and oxygen atoms in total. The van der Waals surface area contributed by atoms with Gasteiger partial charge in [-0.1, -0.05) is 36.4 Å². The Hall–Kier alpha value is -3.30. The van der Waals surface area contributed by atoms with Gasteiger partial charge in [-0.2, -0.15) is 0 Å². The number of benzene rings is 2. The Morgan fingerprint density at radius 1 is 1.03 bits per heavy atom. The van der Waals surface area contributed by atoms with E-state index in [2.05, 4.69) is 20.0 Å². The summed E-state index contributed by atoms with van der Waals surface area (Å²) >= 11 is 0. The lowest BCUT2D eigenvalue weighted by Gasteiger charge is -2.23. The molecule has 2 aliphatic rings. The minimum atomic E-state index is -0.271. The summed E-state index contributed by atoms with van der Waals surface area (Å²) in [6.45, 7) is 11.2. The van der Waals surface area contributed by atoms with Crippen LogP contribution in [-0.2, 0) is 0 Å². The van der Waals surface area contributed by atoms with Crippen molar-refractivity contribution >= 4 is 11.6 Å². The number of anilines is 1. The van der Waals surface area contributed by atoms with Crippen LogP contribution in [0.4, 0.5) is 16.0 Å². The second kappa shape index (κ2) is 7.51. The molecule has 5 rings (SSSR count). The third-order valence-electron chi connectivity index (χ3n) is 6.25. The number of nitrogens with zero attached hydrogens (tertiary/aromatic N) is 4. The van der Waals surface area contributed by atoms with Crippen LogP contribution in [0.15, 0.2) is 54.7 Å². The highest BCUT2D eigenvalue weighted by atomic mass is 19.1. The molecule has 6 heteroatoms. The molecule has 1 spiro atoms. The third kappa shape index (κ3) is 3.42. The highest BCUT2D eigenvalue weighted by molar-refractivity contribution is 5.81. The van der Waals surface area contributed by atoms with Gasteiger partial charge in [0.1, 0.15) is 5.82 Å². The number of aromatic nitrogens is 2. The number of nitrogens with one attached hydrogen (secondary N) is 1. The molecular formula is C24H22FN5. The predicted molar refractivity (Wildman–Crippen MR) is 116 cm³/mol.